The zero-order chi connectivity index (χ0) is 18.4. The van der Waals surface area contributed by atoms with Crippen LogP contribution in [0.25, 0.3) is 0 Å². The summed E-state index contributed by atoms with van der Waals surface area (Å²) in [6.07, 6.45) is 3.37. The topological polar surface area (TPSA) is 67.8 Å². The molecule has 1 heterocycles. The number of hydrogen-bond acceptors (Lipinski definition) is 4. The number of aliphatic carboxylic acids is 1. The lowest BCUT2D eigenvalue weighted by Crippen LogP contribution is -2.41. The van der Waals surface area contributed by atoms with Crippen LogP contribution in [-0.4, -0.2) is 36.4 Å². The van der Waals surface area contributed by atoms with Gasteiger partial charge in [0.2, 0.25) is 0 Å². The molecule has 2 N–H and O–H groups in total. The summed E-state index contributed by atoms with van der Waals surface area (Å²) in [7, 11) is 0. The summed E-state index contributed by atoms with van der Waals surface area (Å²) in [6, 6.07) is 3.16. The maximum absolute atomic E-state index is 11.3. The predicted molar refractivity (Wildman–Crippen MR) is 98.9 cm³/mol. The van der Waals surface area contributed by atoms with Crippen molar-refractivity contribution in [1.82, 2.24) is 5.32 Å². The molecule has 1 aromatic rings. The summed E-state index contributed by atoms with van der Waals surface area (Å²) in [6.45, 7) is 4.98. The van der Waals surface area contributed by atoms with Gasteiger partial charge in [-0.25, -0.2) is 0 Å². The fourth-order valence-corrected chi connectivity index (χ4v) is 3.01. The molecule has 7 heteroatoms. The van der Waals surface area contributed by atoms with Gasteiger partial charge in [-0.2, -0.15) is 0 Å². The molecule has 0 aliphatic carbocycles. The summed E-state index contributed by atoms with van der Waals surface area (Å²) in [5.41, 5.74) is 1.98. The number of nitrogens with one attached hydrogen (secondary N) is 1. The van der Waals surface area contributed by atoms with Gasteiger partial charge in [-0.1, -0.05) is 37.0 Å². The van der Waals surface area contributed by atoms with E-state index < -0.39 is 12.0 Å². The van der Waals surface area contributed by atoms with Crippen molar-refractivity contribution >= 4 is 29.2 Å². The summed E-state index contributed by atoms with van der Waals surface area (Å²) in [4.78, 5) is 11.3. The predicted octanol–water partition coefficient (Wildman–Crippen LogP) is 3.70. The van der Waals surface area contributed by atoms with Crippen LogP contribution in [-0.2, 0) is 17.6 Å². The van der Waals surface area contributed by atoms with Gasteiger partial charge in [0.25, 0.3) is 0 Å². The Morgan fingerprint density at radius 3 is 2.48 bits per heavy atom. The normalized spacial score (nSPS) is 19.5. The van der Waals surface area contributed by atoms with Crippen LogP contribution >= 0.6 is 23.2 Å². The monoisotopic (exact) mass is 387 g/mol. The summed E-state index contributed by atoms with van der Waals surface area (Å²) in [5.74, 6) is 0.595. The van der Waals surface area contributed by atoms with Crippen molar-refractivity contribution in [3.63, 3.8) is 0 Å². The third-order valence-corrected chi connectivity index (χ3v) is 4.47. The van der Waals surface area contributed by atoms with Crippen LogP contribution in [0.2, 0.25) is 0 Å². The number of hydrogen-bond donors (Lipinski definition) is 2. The lowest BCUT2D eigenvalue weighted by molar-refractivity contribution is -0.140. The van der Waals surface area contributed by atoms with E-state index in [0.29, 0.717) is 18.7 Å². The minimum absolute atomic E-state index is 0.167. The van der Waals surface area contributed by atoms with Gasteiger partial charge in [-0.3, -0.25) is 4.79 Å². The second-order valence-corrected chi connectivity index (χ2v) is 6.81. The van der Waals surface area contributed by atoms with Crippen LogP contribution in [0.5, 0.6) is 11.5 Å². The van der Waals surface area contributed by atoms with Gasteiger partial charge in [0.05, 0.1) is 0 Å². The first-order chi connectivity index (χ1) is 12.0. The molecule has 0 saturated carbocycles. The molecular weight excluding hydrogens is 365 g/mol. The van der Waals surface area contributed by atoms with Crippen LogP contribution in [0.1, 0.15) is 31.4 Å². The van der Waals surface area contributed by atoms with E-state index in [1.165, 1.54) is 0 Å². The average molecular weight is 388 g/mol. The van der Waals surface area contributed by atoms with Crippen molar-refractivity contribution in [3.05, 3.63) is 33.8 Å². The van der Waals surface area contributed by atoms with E-state index in [9.17, 15) is 9.90 Å². The Hall–Kier alpha value is -1.43. The van der Waals surface area contributed by atoms with Crippen molar-refractivity contribution < 1.29 is 19.4 Å². The zero-order valence-corrected chi connectivity index (χ0v) is 15.9. The van der Waals surface area contributed by atoms with Crippen LogP contribution in [0.4, 0.5) is 0 Å². The Morgan fingerprint density at radius 2 is 1.96 bits per heavy atom. The largest absolute Gasteiger partial charge is 0.489 e. The molecule has 5 nitrogen and oxygen atoms in total. The number of ether oxygens (including phenoxy) is 2. The van der Waals surface area contributed by atoms with E-state index >= 15 is 0 Å². The third kappa shape index (κ3) is 5.27. The van der Waals surface area contributed by atoms with E-state index in [1.807, 2.05) is 26.0 Å². The molecule has 25 heavy (non-hydrogen) atoms. The van der Waals surface area contributed by atoms with Crippen molar-refractivity contribution in [2.45, 2.75) is 45.3 Å². The molecule has 0 radical (unpaired) electrons. The Balaban J connectivity index is 2.24. The molecule has 0 aromatic heterocycles. The number of carbonyl (C=O) groups is 1. The fourth-order valence-electron chi connectivity index (χ4n) is 2.89. The van der Waals surface area contributed by atoms with Gasteiger partial charge in [0, 0.05) is 0 Å². The van der Waals surface area contributed by atoms with Crippen LogP contribution in [0.15, 0.2) is 22.7 Å². The summed E-state index contributed by atoms with van der Waals surface area (Å²) < 4.78 is 12.0. The fraction of sp³-hybridized carbons (Fsp3) is 0.500. The smallest absolute Gasteiger partial charge is 0.324 e. The Kier molecular flexibility index (Phi) is 7.41. The molecule has 2 atom stereocenters. The van der Waals surface area contributed by atoms with E-state index in [0.717, 1.165) is 29.7 Å². The Morgan fingerprint density at radius 1 is 1.32 bits per heavy atom. The van der Waals surface area contributed by atoms with Crippen LogP contribution in [0, 0.1) is 0 Å². The van der Waals surface area contributed by atoms with E-state index in [1.54, 1.807) is 6.08 Å². The molecule has 0 spiro atoms. The number of carboxylic acid groups (broad SMARTS) is 1. The zero-order valence-electron chi connectivity index (χ0n) is 14.4. The number of carboxylic acids is 1. The summed E-state index contributed by atoms with van der Waals surface area (Å²) >= 11 is 11.2. The first-order valence-corrected chi connectivity index (χ1v) is 9.14. The number of halogens is 2. The first kappa shape index (κ1) is 19.9. The molecule has 138 valence electrons. The van der Waals surface area contributed by atoms with Gasteiger partial charge in [0.15, 0.2) is 0 Å². The molecule has 1 aliphatic heterocycles. The molecule has 0 amide bonds. The number of rotatable bonds is 8. The van der Waals surface area contributed by atoms with Crippen molar-refractivity contribution in [3.8, 4) is 11.5 Å². The highest BCUT2D eigenvalue weighted by atomic mass is 35.5. The van der Waals surface area contributed by atoms with Crippen molar-refractivity contribution in [2.75, 3.05) is 13.2 Å². The molecular formula is C18H23Cl2NO4. The quantitative estimate of drug-likeness (QED) is 0.711. The maximum Gasteiger partial charge on any atom is 0.324 e. The maximum atomic E-state index is 11.3. The second kappa shape index (κ2) is 9.32. The molecule has 1 fully saturated rings. The highest BCUT2D eigenvalue weighted by molar-refractivity contribution is 6.55. The highest BCUT2D eigenvalue weighted by Crippen LogP contribution is 2.33. The van der Waals surface area contributed by atoms with Gasteiger partial charge >= 0.3 is 5.97 Å². The van der Waals surface area contributed by atoms with Gasteiger partial charge in [0.1, 0.15) is 34.7 Å². The number of benzene rings is 1. The Bertz CT molecular complexity index is 619. The molecule has 0 bridgehead atoms. The molecule has 1 saturated heterocycles. The lowest BCUT2D eigenvalue weighted by Gasteiger charge is -2.23. The standard InChI is InChI=1S/C18H23Cl2NO4/c1-3-11-9-13(24-8-6-15(19)20)10-12(4-2)17(11)25-14-5-7-21-16(14)18(22)23/h6,9-10,14,16,21H,3-5,7-8H2,1-2H3,(H,22,23)/t14?,16-/m0/s1. The highest BCUT2D eigenvalue weighted by Gasteiger charge is 2.35. The van der Waals surface area contributed by atoms with Gasteiger partial charge in [-0.15, -0.1) is 0 Å². The van der Waals surface area contributed by atoms with E-state index in [4.69, 9.17) is 32.7 Å². The van der Waals surface area contributed by atoms with Crippen LogP contribution in [0.3, 0.4) is 0 Å². The van der Waals surface area contributed by atoms with E-state index in [-0.39, 0.29) is 17.2 Å². The SMILES string of the molecule is CCc1cc(OCC=C(Cl)Cl)cc(CC)c1OC1CCN[C@@H]1C(=O)O. The first-order valence-electron chi connectivity index (χ1n) is 8.38. The van der Waals surface area contributed by atoms with Crippen LogP contribution < -0.4 is 14.8 Å². The molecule has 1 aromatic carbocycles. The van der Waals surface area contributed by atoms with Gasteiger partial charge < -0.3 is 19.9 Å². The third-order valence-electron chi connectivity index (χ3n) is 4.17. The molecule has 1 unspecified atom stereocenters. The Labute approximate surface area is 157 Å². The summed E-state index contributed by atoms with van der Waals surface area (Å²) in [5, 5.41) is 12.3. The molecule has 2 rings (SSSR count). The van der Waals surface area contributed by atoms with Crippen molar-refractivity contribution in [1.29, 1.82) is 0 Å². The lowest BCUT2D eigenvalue weighted by atomic mass is 10.0. The average Bonchev–Trinajstić information content (AvgIpc) is 3.03. The second-order valence-electron chi connectivity index (χ2n) is 5.80. The van der Waals surface area contributed by atoms with Gasteiger partial charge in [-0.05, 0) is 55.1 Å². The molecule has 1 aliphatic rings. The van der Waals surface area contributed by atoms with E-state index in [2.05, 4.69) is 5.32 Å². The number of aryl methyl sites for hydroxylation is 2. The minimum atomic E-state index is -0.886. The van der Waals surface area contributed by atoms with Crippen molar-refractivity contribution in [2.24, 2.45) is 0 Å². The minimum Gasteiger partial charge on any atom is -0.489 e.